The van der Waals surface area contributed by atoms with Gasteiger partial charge < -0.3 is 14.8 Å². The number of amides is 1. The van der Waals surface area contributed by atoms with Crippen LogP contribution in [0.15, 0.2) is 29.8 Å². The first-order valence-electron chi connectivity index (χ1n) is 10.3. The molecular formula is C21H23N3O4. The van der Waals surface area contributed by atoms with Crippen LogP contribution in [0.3, 0.4) is 0 Å². The Bertz CT molecular complexity index is 946. The number of rotatable bonds is 1. The fourth-order valence-electron chi connectivity index (χ4n) is 7.68. The molecule has 7 nitrogen and oxygen atoms in total. The number of piperidine rings is 2. The van der Waals surface area contributed by atoms with E-state index in [0.717, 1.165) is 37.2 Å². The average Bonchev–Trinajstić information content (AvgIpc) is 3.15. The van der Waals surface area contributed by atoms with E-state index in [0.29, 0.717) is 36.6 Å². The van der Waals surface area contributed by atoms with Gasteiger partial charge in [0, 0.05) is 41.7 Å². The molecule has 1 aliphatic carbocycles. The monoisotopic (exact) mass is 381 g/mol. The van der Waals surface area contributed by atoms with Gasteiger partial charge in [0.05, 0.1) is 25.2 Å². The third-order valence-corrected chi connectivity index (χ3v) is 8.56. The number of hydrogen-bond acceptors (Lipinski definition) is 5. The van der Waals surface area contributed by atoms with Crippen molar-refractivity contribution in [3.8, 4) is 0 Å². The van der Waals surface area contributed by atoms with E-state index in [1.807, 2.05) is 17.0 Å². The molecule has 1 aromatic rings. The van der Waals surface area contributed by atoms with Crippen molar-refractivity contribution < 1.29 is 20.0 Å². The molecule has 6 aliphatic rings. The maximum absolute atomic E-state index is 13.3. The van der Waals surface area contributed by atoms with Gasteiger partial charge in [-0.3, -0.25) is 9.69 Å². The molecule has 28 heavy (non-hydrogen) atoms. The van der Waals surface area contributed by atoms with Crippen LogP contribution in [-0.4, -0.2) is 53.9 Å². The second-order valence-electron chi connectivity index (χ2n) is 9.30. The lowest BCUT2D eigenvalue weighted by atomic mass is 9.53. The van der Waals surface area contributed by atoms with Gasteiger partial charge in [0.25, 0.3) is 0 Å². The Hall–Kier alpha value is -1.77. The van der Waals surface area contributed by atoms with Crippen molar-refractivity contribution in [2.24, 2.45) is 11.8 Å². The van der Waals surface area contributed by atoms with E-state index in [4.69, 9.17) is 4.74 Å². The van der Waals surface area contributed by atoms with Gasteiger partial charge in [0.15, 0.2) is 5.69 Å². The van der Waals surface area contributed by atoms with Gasteiger partial charge in [-0.25, -0.2) is 5.21 Å². The quantitative estimate of drug-likeness (QED) is 0.547. The van der Waals surface area contributed by atoms with Crippen molar-refractivity contribution >= 4 is 17.3 Å². The second kappa shape index (κ2) is 5.04. The van der Waals surface area contributed by atoms with Crippen LogP contribution in [0.4, 0.5) is 11.4 Å². The minimum absolute atomic E-state index is 0.0225. The molecular weight excluding hydrogens is 358 g/mol. The first-order chi connectivity index (χ1) is 13.6. The molecule has 1 spiro atoms. The molecule has 7 heteroatoms. The maximum Gasteiger partial charge on any atom is 0.229 e. The number of fused-ring (bicyclic) bond motifs is 2. The highest BCUT2D eigenvalue weighted by Gasteiger charge is 2.71. The summed E-state index contributed by atoms with van der Waals surface area (Å²) in [6, 6.07) is 5.87. The van der Waals surface area contributed by atoms with Crippen LogP contribution >= 0.6 is 0 Å². The van der Waals surface area contributed by atoms with Crippen LogP contribution < -0.4 is 10.1 Å². The zero-order valence-electron chi connectivity index (χ0n) is 15.5. The van der Waals surface area contributed by atoms with E-state index in [1.54, 1.807) is 6.07 Å². The molecule has 3 saturated heterocycles. The molecule has 0 radical (unpaired) electrons. The Morgan fingerprint density at radius 1 is 1.36 bits per heavy atom. The zero-order valence-corrected chi connectivity index (χ0v) is 15.5. The lowest BCUT2D eigenvalue weighted by Gasteiger charge is -2.58. The summed E-state index contributed by atoms with van der Waals surface area (Å²) in [4.78, 5) is 17.9. The lowest BCUT2D eigenvalue weighted by molar-refractivity contribution is -0.991. The number of nitrogens with zero attached hydrogens (tertiary/aromatic N) is 2. The van der Waals surface area contributed by atoms with Crippen LogP contribution in [0.1, 0.15) is 24.8 Å². The van der Waals surface area contributed by atoms with Gasteiger partial charge in [-0.2, -0.15) is 5.23 Å². The first-order valence-corrected chi connectivity index (χ1v) is 10.3. The van der Waals surface area contributed by atoms with Crippen molar-refractivity contribution in [1.29, 1.82) is 0 Å². The van der Waals surface area contributed by atoms with Gasteiger partial charge in [-0.05, 0) is 36.9 Å². The molecule has 4 fully saturated rings. The summed E-state index contributed by atoms with van der Waals surface area (Å²) in [6.07, 6.45) is 4.77. The molecule has 2 N–H and O–H groups in total. The Morgan fingerprint density at radius 3 is 3.11 bits per heavy atom. The van der Waals surface area contributed by atoms with E-state index in [2.05, 4.69) is 11.0 Å². The lowest BCUT2D eigenvalue weighted by Crippen LogP contribution is -2.99. The van der Waals surface area contributed by atoms with Gasteiger partial charge in [-0.1, -0.05) is 11.6 Å². The number of benzene rings is 1. The molecule has 1 unspecified atom stereocenters. The summed E-state index contributed by atoms with van der Waals surface area (Å²) < 4.78 is 6.22. The highest BCUT2D eigenvalue weighted by Crippen LogP contribution is 2.65. The molecule has 146 valence electrons. The van der Waals surface area contributed by atoms with E-state index < -0.39 is 5.23 Å². The predicted molar refractivity (Wildman–Crippen MR) is 99.2 cm³/mol. The predicted octanol–water partition coefficient (Wildman–Crippen LogP) is 0.496. The number of quaternary nitrogens is 1. The van der Waals surface area contributed by atoms with Crippen molar-refractivity contribution in [3.05, 3.63) is 40.6 Å². The van der Waals surface area contributed by atoms with Gasteiger partial charge in [0.1, 0.15) is 0 Å². The van der Waals surface area contributed by atoms with E-state index >= 15 is 0 Å². The third-order valence-electron chi connectivity index (χ3n) is 8.56. The molecule has 5 aliphatic heterocycles. The number of carbonyl (C=O) groups is 1. The van der Waals surface area contributed by atoms with Crippen molar-refractivity contribution in [2.75, 3.05) is 24.6 Å². The summed E-state index contributed by atoms with van der Waals surface area (Å²) >= 11 is 0. The number of anilines is 1. The first kappa shape index (κ1) is 16.1. The highest BCUT2D eigenvalue weighted by atomic mass is 16.8. The third kappa shape index (κ3) is 1.64. The van der Waals surface area contributed by atoms with Crippen LogP contribution in [-0.2, 0) is 14.9 Å². The largest absolute Gasteiger partial charge is 0.595 e. The smallest absolute Gasteiger partial charge is 0.229 e. The number of nitrogens with one attached hydrogen (secondary N) is 1. The number of carbonyl (C=O) groups excluding carboxylic acids is 1. The van der Waals surface area contributed by atoms with Crippen molar-refractivity contribution in [1.82, 2.24) is 4.90 Å². The molecule has 0 aromatic heterocycles. The van der Waals surface area contributed by atoms with Crippen molar-refractivity contribution in [2.45, 2.75) is 42.9 Å². The normalized spacial score (nSPS) is 43.5. The van der Waals surface area contributed by atoms with E-state index in [1.165, 1.54) is 5.57 Å². The summed E-state index contributed by atoms with van der Waals surface area (Å²) in [5.41, 5.74) is 3.70. The molecule has 7 rings (SSSR count). The number of hydrogen-bond donors (Lipinski definition) is 2. The molecule has 5 heterocycles. The fourth-order valence-corrected chi connectivity index (χ4v) is 7.68. The Kier molecular flexibility index (Phi) is 2.89. The Morgan fingerprint density at radius 2 is 2.25 bits per heavy atom. The summed E-state index contributed by atoms with van der Waals surface area (Å²) in [5, 5.41) is 20.4. The molecule has 7 atom stereocenters. The van der Waals surface area contributed by atoms with Crippen LogP contribution in [0.25, 0.3) is 0 Å². The van der Waals surface area contributed by atoms with Gasteiger partial charge >= 0.3 is 0 Å². The standard InChI is InChI=1S/C21H23N3O4/c25-18-9-16-19-13-8-17-21(4-5-22(17)10-11(13)3-6-28-16)14-7-12(24(26)27)1-2-15(14)23(18)20(19)21/h1-3,7,13,16-17,19-20,24,26H,4-6,8-10H2/t13-,16-,17+,19+,20-,21+/m0/s1. The van der Waals surface area contributed by atoms with Crippen LogP contribution in [0.5, 0.6) is 0 Å². The second-order valence-corrected chi connectivity index (χ2v) is 9.30. The SMILES string of the molecule is O=C1C[C@@H]2OCC=C3CN4CC[C@]56c7cc([NH+]([O-])O)ccc7N1[C@H]5[C@@H]2[C@H]3C[C@@H]46. The van der Waals surface area contributed by atoms with Crippen LogP contribution in [0, 0.1) is 17.0 Å². The fraction of sp³-hybridized carbons (Fsp3) is 0.571. The molecule has 1 aromatic carbocycles. The molecule has 2 bridgehead atoms. The molecule has 1 saturated carbocycles. The van der Waals surface area contributed by atoms with Crippen molar-refractivity contribution in [3.63, 3.8) is 0 Å². The number of ether oxygens (including phenoxy) is 1. The van der Waals surface area contributed by atoms with Gasteiger partial charge in [0.2, 0.25) is 5.91 Å². The summed E-state index contributed by atoms with van der Waals surface area (Å²) in [7, 11) is 0. The van der Waals surface area contributed by atoms with Crippen LogP contribution in [0.2, 0.25) is 0 Å². The topological polar surface area (TPSA) is 80.5 Å². The van der Waals surface area contributed by atoms with Gasteiger partial charge in [-0.15, -0.1) is 0 Å². The zero-order chi connectivity index (χ0) is 18.8. The Balaban J connectivity index is 1.51. The summed E-state index contributed by atoms with van der Waals surface area (Å²) in [5.74, 6) is 0.923. The minimum Gasteiger partial charge on any atom is -0.595 e. The Labute approximate surface area is 162 Å². The summed E-state index contributed by atoms with van der Waals surface area (Å²) in [6.45, 7) is 2.62. The maximum atomic E-state index is 13.3. The van der Waals surface area contributed by atoms with E-state index in [-0.39, 0.29) is 23.5 Å². The minimum atomic E-state index is -0.900. The average molecular weight is 381 g/mol. The van der Waals surface area contributed by atoms with E-state index in [9.17, 15) is 15.2 Å². The molecule has 1 amide bonds. The highest BCUT2D eigenvalue weighted by molar-refractivity contribution is 5.99.